The average molecular weight is 606 g/mol. The molecule has 0 bridgehead atoms. The van der Waals surface area contributed by atoms with Crippen LogP contribution in [0.15, 0.2) is 44.4 Å². The van der Waals surface area contributed by atoms with Crippen molar-refractivity contribution in [1.82, 2.24) is 14.4 Å². The summed E-state index contributed by atoms with van der Waals surface area (Å²) in [6.07, 6.45) is -0.655. The van der Waals surface area contributed by atoms with Crippen LogP contribution in [0.1, 0.15) is 30.9 Å². The quantitative estimate of drug-likeness (QED) is 0.353. The van der Waals surface area contributed by atoms with E-state index in [-0.39, 0.29) is 42.2 Å². The Hall–Kier alpha value is -3.46. The van der Waals surface area contributed by atoms with Crippen LogP contribution in [-0.4, -0.2) is 78.7 Å². The molecule has 1 aliphatic heterocycles. The molecular weight excluding hydrogens is 570 g/mol. The first-order valence-electron chi connectivity index (χ1n) is 13.1. The van der Waals surface area contributed by atoms with Crippen LogP contribution < -0.4 is 15.4 Å². The van der Waals surface area contributed by atoms with E-state index in [1.807, 2.05) is 6.92 Å². The topological polar surface area (TPSA) is 154 Å². The van der Waals surface area contributed by atoms with E-state index in [1.54, 1.807) is 61.4 Å². The Morgan fingerprint density at radius 1 is 1.29 bits per heavy atom. The summed E-state index contributed by atoms with van der Waals surface area (Å²) in [5.41, 5.74) is 1.95. The highest BCUT2D eigenvalue weighted by atomic mass is 32.2. The molecule has 14 heteroatoms. The van der Waals surface area contributed by atoms with E-state index in [0.29, 0.717) is 34.1 Å². The molecular formula is C27H35N5O7S2. The summed E-state index contributed by atoms with van der Waals surface area (Å²) in [5, 5.41) is 20.9. The van der Waals surface area contributed by atoms with Crippen molar-refractivity contribution in [2.24, 2.45) is 5.92 Å². The van der Waals surface area contributed by atoms with Gasteiger partial charge in [0.2, 0.25) is 5.91 Å². The molecule has 41 heavy (non-hydrogen) atoms. The van der Waals surface area contributed by atoms with Gasteiger partial charge in [-0.2, -0.15) is 4.31 Å². The van der Waals surface area contributed by atoms with Gasteiger partial charge >= 0.3 is 6.03 Å². The van der Waals surface area contributed by atoms with Crippen LogP contribution in [0.2, 0.25) is 0 Å². The van der Waals surface area contributed by atoms with Crippen molar-refractivity contribution < 1.29 is 32.4 Å². The molecule has 3 aromatic rings. The number of carbonyl (C=O) groups excluding carboxylic acids is 2. The van der Waals surface area contributed by atoms with Gasteiger partial charge in [0.15, 0.2) is 5.76 Å². The molecule has 0 fully saturated rings. The number of nitrogens with one attached hydrogen (secondary N) is 2. The summed E-state index contributed by atoms with van der Waals surface area (Å²) in [4.78, 5) is 27.7. The molecule has 0 unspecified atom stereocenters. The molecule has 12 nitrogen and oxygen atoms in total. The van der Waals surface area contributed by atoms with Gasteiger partial charge in [0.1, 0.15) is 27.4 Å². The third kappa shape index (κ3) is 6.89. The number of fused-ring (bicyclic) bond motifs is 1. The van der Waals surface area contributed by atoms with E-state index in [9.17, 15) is 23.1 Å². The molecule has 3 atom stereocenters. The van der Waals surface area contributed by atoms with E-state index in [4.69, 9.17) is 9.26 Å². The fourth-order valence-corrected chi connectivity index (χ4v) is 6.96. The van der Waals surface area contributed by atoms with Crippen LogP contribution >= 0.6 is 11.3 Å². The molecule has 0 saturated heterocycles. The first-order chi connectivity index (χ1) is 19.4. The number of anilines is 2. The molecule has 2 aromatic heterocycles. The lowest BCUT2D eigenvalue weighted by Crippen LogP contribution is -2.48. The van der Waals surface area contributed by atoms with Gasteiger partial charge < -0.3 is 29.9 Å². The van der Waals surface area contributed by atoms with Gasteiger partial charge in [-0.15, -0.1) is 11.3 Å². The number of aryl methyl sites for hydroxylation is 2. The number of aliphatic hydroxyl groups excluding tert-OH is 1. The number of urea groups is 1. The number of benzene rings is 1. The summed E-state index contributed by atoms with van der Waals surface area (Å²) < 4.78 is 39.3. The Balaban J connectivity index is 1.62. The molecule has 3 heterocycles. The number of carbonyl (C=O) groups is 2. The molecule has 1 aromatic carbocycles. The Morgan fingerprint density at radius 2 is 2.05 bits per heavy atom. The van der Waals surface area contributed by atoms with Crippen LogP contribution in [0.5, 0.6) is 5.75 Å². The van der Waals surface area contributed by atoms with Gasteiger partial charge in [-0.1, -0.05) is 18.1 Å². The highest BCUT2D eigenvalue weighted by Gasteiger charge is 2.33. The zero-order chi connectivity index (χ0) is 29.9. The Kier molecular flexibility index (Phi) is 9.37. The molecule has 222 valence electrons. The van der Waals surface area contributed by atoms with E-state index < -0.39 is 28.2 Å². The van der Waals surface area contributed by atoms with Crippen molar-refractivity contribution in [3.63, 3.8) is 0 Å². The number of ether oxygens (including phenoxy) is 1. The Morgan fingerprint density at radius 3 is 2.68 bits per heavy atom. The maximum atomic E-state index is 13.4. The Bertz CT molecular complexity index is 1470. The van der Waals surface area contributed by atoms with Gasteiger partial charge in [-0.25, -0.2) is 13.2 Å². The zero-order valence-electron chi connectivity index (χ0n) is 23.6. The van der Waals surface area contributed by atoms with Crippen LogP contribution in [0.4, 0.5) is 16.2 Å². The van der Waals surface area contributed by atoms with E-state index in [2.05, 4.69) is 15.8 Å². The fraction of sp³-hybridized carbons (Fsp3) is 0.444. The lowest BCUT2D eigenvalue weighted by molar-refractivity contribution is -0.134. The largest absolute Gasteiger partial charge is 0.488 e. The molecule has 0 radical (unpaired) electrons. The lowest BCUT2D eigenvalue weighted by Gasteiger charge is -2.33. The number of aliphatic hydroxyl groups is 1. The van der Waals surface area contributed by atoms with Gasteiger partial charge in [-0.3, -0.25) is 4.79 Å². The fourth-order valence-electron chi connectivity index (χ4n) is 4.58. The maximum absolute atomic E-state index is 13.4. The summed E-state index contributed by atoms with van der Waals surface area (Å²) >= 11 is 1.14. The highest BCUT2D eigenvalue weighted by Crippen LogP contribution is 2.30. The zero-order valence-corrected chi connectivity index (χ0v) is 25.2. The number of nitrogens with zero attached hydrogens (tertiary/aromatic N) is 3. The van der Waals surface area contributed by atoms with Crippen molar-refractivity contribution in [3.05, 3.63) is 52.7 Å². The number of amides is 3. The molecule has 1 aliphatic rings. The first kappa shape index (κ1) is 30.5. The van der Waals surface area contributed by atoms with Gasteiger partial charge in [0, 0.05) is 30.8 Å². The van der Waals surface area contributed by atoms with E-state index >= 15 is 0 Å². The van der Waals surface area contributed by atoms with Crippen LogP contribution in [0, 0.1) is 19.8 Å². The SMILES string of the molecule is Cc1noc(C)c1NC(=O)Nc1ccc2c(c1)CC(=O)N([C@@H](C)CO)C[C@H](C)[C@@H](CN(C)S(=O)(=O)c1cccs1)O2. The minimum Gasteiger partial charge on any atom is -0.488 e. The number of hydrogen-bond donors (Lipinski definition) is 3. The average Bonchev–Trinajstić information content (AvgIpc) is 3.59. The smallest absolute Gasteiger partial charge is 0.323 e. The van der Waals surface area contributed by atoms with E-state index in [0.717, 1.165) is 11.3 Å². The second-order valence-corrected chi connectivity index (χ2v) is 13.4. The van der Waals surface area contributed by atoms with Crippen molar-refractivity contribution in [2.75, 3.05) is 37.4 Å². The standard InChI is InChI=1S/C27H35N5O7S2/c1-16-13-32(17(2)15-33)24(34)12-20-11-21(28-27(35)29-26-18(3)30-39-19(26)4)8-9-22(20)38-23(16)14-31(5)41(36,37)25-7-6-10-40-25/h6-11,16-17,23,33H,12-15H2,1-5H3,(H2,28,29,35)/t16-,17-,23+/m0/s1. The van der Waals surface area contributed by atoms with Gasteiger partial charge in [-0.05, 0) is 50.4 Å². The summed E-state index contributed by atoms with van der Waals surface area (Å²) in [6, 6.07) is 7.22. The lowest BCUT2D eigenvalue weighted by atomic mass is 10.0. The number of hydrogen-bond acceptors (Lipinski definition) is 9. The molecule has 0 saturated carbocycles. The molecule has 0 aliphatic carbocycles. The molecule has 4 rings (SSSR count). The number of aromatic nitrogens is 1. The minimum atomic E-state index is -3.73. The third-order valence-electron chi connectivity index (χ3n) is 7.04. The Labute approximate surface area is 243 Å². The molecule has 3 amide bonds. The van der Waals surface area contributed by atoms with Crippen LogP contribution in [-0.2, 0) is 21.2 Å². The van der Waals surface area contributed by atoms with Gasteiger partial charge in [0.25, 0.3) is 10.0 Å². The summed E-state index contributed by atoms with van der Waals surface area (Å²) in [6.45, 7) is 7.11. The van der Waals surface area contributed by atoms with Crippen LogP contribution in [0.25, 0.3) is 0 Å². The minimum absolute atomic E-state index is 0.0379. The normalized spacial score (nSPS) is 18.6. The predicted molar refractivity (Wildman–Crippen MR) is 155 cm³/mol. The monoisotopic (exact) mass is 605 g/mol. The number of likely N-dealkylation sites (N-methyl/N-ethyl adjacent to an activating group) is 1. The molecule has 0 spiro atoms. The highest BCUT2D eigenvalue weighted by molar-refractivity contribution is 7.91. The second-order valence-electron chi connectivity index (χ2n) is 10.2. The number of thiophene rings is 1. The summed E-state index contributed by atoms with van der Waals surface area (Å²) in [5.74, 6) is 0.377. The van der Waals surface area contributed by atoms with Gasteiger partial charge in [0.05, 0.1) is 25.6 Å². The molecule has 3 N–H and O–H groups in total. The number of sulfonamides is 1. The third-order valence-corrected chi connectivity index (χ3v) is 10.2. The first-order valence-corrected chi connectivity index (χ1v) is 15.4. The number of rotatable bonds is 8. The predicted octanol–water partition coefficient (Wildman–Crippen LogP) is 3.47. The van der Waals surface area contributed by atoms with Crippen molar-refractivity contribution in [2.45, 2.75) is 50.5 Å². The van der Waals surface area contributed by atoms with Crippen molar-refractivity contribution >= 4 is 44.7 Å². The van der Waals surface area contributed by atoms with Crippen molar-refractivity contribution in [3.8, 4) is 5.75 Å². The second kappa shape index (κ2) is 12.6. The van der Waals surface area contributed by atoms with Crippen LogP contribution in [0.3, 0.4) is 0 Å². The van der Waals surface area contributed by atoms with E-state index in [1.165, 1.54) is 11.4 Å². The van der Waals surface area contributed by atoms with Crippen molar-refractivity contribution in [1.29, 1.82) is 0 Å². The summed E-state index contributed by atoms with van der Waals surface area (Å²) in [7, 11) is -2.23. The maximum Gasteiger partial charge on any atom is 0.323 e.